The van der Waals surface area contributed by atoms with Crippen molar-refractivity contribution in [1.82, 2.24) is 0 Å². The van der Waals surface area contributed by atoms with Crippen molar-refractivity contribution in [3.05, 3.63) is 34.9 Å². The summed E-state index contributed by atoms with van der Waals surface area (Å²) in [4.78, 5) is 0. The van der Waals surface area contributed by atoms with Gasteiger partial charge < -0.3 is 5.73 Å². The molecule has 0 spiro atoms. The molecule has 1 heteroatoms. The molecule has 112 valence electrons. The van der Waals surface area contributed by atoms with Gasteiger partial charge in [0.05, 0.1) is 0 Å². The van der Waals surface area contributed by atoms with Gasteiger partial charge in [-0.2, -0.15) is 0 Å². The van der Waals surface area contributed by atoms with E-state index < -0.39 is 0 Å². The summed E-state index contributed by atoms with van der Waals surface area (Å²) in [6.45, 7) is 6.65. The molecule has 0 unspecified atom stereocenters. The monoisotopic (exact) mass is 273 g/mol. The second-order valence-electron chi connectivity index (χ2n) is 7.12. The van der Waals surface area contributed by atoms with Gasteiger partial charge in [-0.3, -0.25) is 0 Å². The fourth-order valence-electron chi connectivity index (χ4n) is 3.79. The van der Waals surface area contributed by atoms with Gasteiger partial charge in [-0.25, -0.2) is 0 Å². The molecule has 2 rings (SSSR count). The molecule has 0 atom stereocenters. The molecule has 0 aliphatic heterocycles. The fourth-order valence-corrected chi connectivity index (χ4v) is 3.79. The van der Waals surface area contributed by atoms with Crippen LogP contribution in [0.5, 0.6) is 0 Å². The Morgan fingerprint density at radius 1 is 1.10 bits per heavy atom. The van der Waals surface area contributed by atoms with Crippen LogP contribution in [0.3, 0.4) is 0 Å². The van der Waals surface area contributed by atoms with E-state index in [1.165, 1.54) is 61.6 Å². The molecule has 0 saturated heterocycles. The van der Waals surface area contributed by atoms with Crippen molar-refractivity contribution in [3.8, 4) is 0 Å². The zero-order valence-corrected chi connectivity index (χ0v) is 13.5. The molecule has 20 heavy (non-hydrogen) atoms. The lowest BCUT2D eigenvalue weighted by molar-refractivity contribution is 0.221. The van der Waals surface area contributed by atoms with E-state index in [1.54, 1.807) is 0 Å². The molecule has 1 nitrogen and oxygen atoms in total. The van der Waals surface area contributed by atoms with Crippen LogP contribution in [0.4, 0.5) is 0 Å². The van der Waals surface area contributed by atoms with Crippen molar-refractivity contribution in [1.29, 1.82) is 0 Å². The molecular weight excluding hydrogens is 242 g/mol. The Morgan fingerprint density at radius 2 is 1.70 bits per heavy atom. The second kappa shape index (κ2) is 6.76. The summed E-state index contributed by atoms with van der Waals surface area (Å²) in [7, 11) is 0. The Labute approximate surface area is 125 Å². The highest BCUT2D eigenvalue weighted by Gasteiger charge is 2.31. The lowest BCUT2D eigenvalue weighted by Crippen LogP contribution is -2.45. The van der Waals surface area contributed by atoms with E-state index in [4.69, 9.17) is 5.73 Å². The van der Waals surface area contributed by atoms with Crippen LogP contribution in [0, 0.1) is 19.8 Å². The average Bonchev–Trinajstić information content (AvgIpc) is 2.36. The highest BCUT2D eigenvalue weighted by Crippen LogP contribution is 2.35. The van der Waals surface area contributed by atoms with Crippen LogP contribution >= 0.6 is 0 Å². The third-order valence-electron chi connectivity index (χ3n) is 4.90. The van der Waals surface area contributed by atoms with Crippen LogP contribution in [0.2, 0.25) is 0 Å². The average molecular weight is 273 g/mol. The molecule has 1 aromatic carbocycles. The van der Waals surface area contributed by atoms with Gasteiger partial charge in [0, 0.05) is 5.54 Å². The van der Waals surface area contributed by atoms with E-state index in [0.29, 0.717) is 0 Å². The first-order valence-electron chi connectivity index (χ1n) is 8.37. The molecule has 1 aromatic rings. The number of aryl methyl sites for hydroxylation is 2. The summed E-state index contributed by atoms with van der Waals surface area (Å²) in [5.41, 5.74) is 10.9. The standard InChI is InChI=1S/C19H31N/c1-4-5-6-17-7-9-19(20,10-8-17)14-18-12-15(2)11-16(3)13-18/h11-13,17H,4-10,14,20H2,1-3H3. The first-order valence-corrected chi connectivity index (χ1v) is 8.37. The molecule has 1 aliphatic carbocycles. The first-order chi connectivity index (χ1) is 9.50. The lowest BCUT2D eigenvalue weighted by atomic mass is 9.73. The van der Waals surface area contributed by atoms with E-state index in [2.05, 4.69) is 39.0 Å². The Balaban J connectivity index is 1.92. The second-order valence-corrected chi connectivity index (χ2v) is 7.12. The molecule has 0 amide bonds. The number of hydrogen-bond acceptors (Lipinski definition) is 1. The van der Waals surface area contributed by atoms with E-state index in [9.17, 15) is 0 Å². The summed E-state index contributed by atoms with van der Waals surface area (Å²) in [6.07, 6.45) is 10.3. The van der Waals surface area contributed by atoms with Gasteiger partial charge in [0.15, 0.2) is 0 Å². The van der Waals surface area contributed by atoms with Crippen molar-refractivity contribution >= 4 is 0 Å². The van der Waals surface area contributed by atoms with Crippen LogP contribution in [-0.2, 0) is 6.42 Å². The fraction of sp³-hybridized carbons (Fsp3) is 0.684. The first kappa shape index (κ1) is 15.6. The largest absolute Gasteiger partial charge is 0.325 e. The summed E-state index contributed by atoms with van der Waals surface area (Å²) >= 11 is 0. The number of benzene rings is 1. The van der Waals surface area contributed by atoms with E-state index >= 15 is 0 Å². The summed E-state index contributed by atoms with van der Waals surface area (Å²) in [5, 5.41) is 0. The van der Waals surface area contributed by atoms with Gasteiger partial charge in [0.2, 0.25) is 0 Å². The minimum Gasteiger partial charge on any atom is -0.325 e. The molecule has 2 N–H and O–H groups in total. The van der Waals surface area contributed by atoms with Crippen LogP contribution in [0.1, 0.15) is 68.6 Å². The van der Waals surface area contributed by atoms with Gasteiger partial charge in [-0.15, -0.1) is 0 Å². The molecule has 0 radical (unpaired) electrons. The van der Waals surface area contributed by atoms with Gasteiger partial charge in [-0.1, -0.05) is 55.5 Å². The summed E-state index contributed by atoms with van der Waals surface area (Å²) < 4.78 is 0. The molecule has 0 bridgehead atoms. The van der Waals surface area contributed by atoms with Crippen LogP contribution < -0.4 is 5.73 Å². The Hall–Kier alpha value is -0.820. The number of rotatable bonds is 5. The zero-order chi connectivity index (χ0) is 14.6. The molecular formula is C19H31N. The Bertz CT molecular complexity index is 407. The Morgan fingerprint density at radius 3 is 2.25 bits per heavy atom. The van der Waals surface area contributed by atoms with Gasteiger partial charge in [0.25, 0.3) is 0 Å². The van der Waals surface area contributed by atoms with E-state index in [0.717, 1.165) is 12.3 Å². The van der Waals surface area contributed by atoms with Gasteiger partial charge >= 0.3 is 0 Å². The maximum absolute atomic E-state index is 6.68. The highest BCUT2D eigenvalue weighted by molar-refractivity contribution is 5.29. The smallest absolute Gasteiger partial charge is 0.0195 e. The minimum atomic E-state index is 0.0446. The Kier molecular flexibility index (Phi) is 5.26. The molecule has 1 fully saturated rings. The van der Waals surface area contributed by atoms with Crippen molar-refractivity contribution in [2.45, 2.75) is 77.7 Å². The third-order valence-corrected chi connectivity index (χ3v) is 4.90. The van der Waals surface area contributed by atoms with Gasteiger partial charge in [-0.05, 0) is 57.4 Å². The maximum atomic E-state index is 6.68. The number of nitrogens with two attached hydrogens (primary N) is 1. The topological polar surface area (TPSA) is 26.0 Å². The van der Waals surface area contributed by atoms with Gasteiger partial charge in [0.1, 0.15) is 0 Å². The van der Waals surface area contributed by atoms with Crippen molar-refractivity contribution < 1.29 is 0 Å². The van der Waals surface area contributed by atoms with Crippen molar-refractivity contribution in [2.75, 3.05) is 0 Å². The normalized spacial score (nSPS) is 26.7. The van der Waals surface area contributed by atoms with Crippen molar-refractivity contribution in [3.63, 3.8) is 0 Å². The third kappa shape index (κ3) is 4.34. The minimum absolute atomic E-state index is 0.0446. The summed E-state index contributed by atoms with van der Waals surface area (Å²) in [6, 6.07) is 6.86. The number of hydrogen-bond donors (Lipinski definition) is 1. The van der Waals surface area contributed by atoms with Crippen LogP contribution in [0.25, 0.3) is 0 Å². The predicted octanol–water partition coefficient (Wildman–Crippen LogP) is 4.92. The van der Waals surface area contributed by atoms with E-state index in [1.807, 2.05) is 0 Å². The highest BCUT2D eigenvalue weighted by atomic mass is 14.7. The molecule has 0 heterocycles. The van der Waals surface area contributed by atoms with Crippen molar-refractivity contribution in [2.24, 2.45) is 11.7 Å². The SMILES string of the molecule is CCCCC1CCC(N)(Cc2cc(C)cc(C)c2)CC1. The zero-order valence-electron chi connectivity index (χ0n) is 13.5. The van der Waals surface area contributed by atoms with Crippen LogP contribution in [-0.4, -0.2) is 5.54 Å². The number of unbranched alkanes of at least 4 members (excludes halogenated alkanes) is 1. The molecule has 0 aromatic heterocycles. The molecule has 1 aliphatic rings. The maximum Gasteiger partial charge on any atom is 0.0195 e. The summed E-state index contributed by atoms with van der Waals surface area (Å²) in [5.74, 6) is 0.936. The predicted molar refractivity (Wildman–Crippen MR) is 88.0 cm³/mol. The van der Waals surface area contributed by atoms with E-state index in [-0.39, 0.29) is 5.54 Å². The van der Waals surface area contributed by atoms with Crippen LogP contribution in [0.15, 0.2) is 18.2 Å². The quantitative estimate of drug-likeness (QED) is 0.809. The molecule has 1 saturated carbocycles. The lowest BCUT2D eigenvalue weighted by Gasteiger charge is -2.37.